The molecule has 1 aliphatic heterocycles. The molecule has 3 rings (SSSR count). The molecule has 1 heterocycles. The molecule has 0 bridgehead atoms. The Hall–Kier alpha value is -3.71. The number of hydrogen-bond acceptors (Lipinski definition) is 7. The molecule has 0 saturated carbocycles. The molecule has 32 heavy (non-hydrogen) atoms. The molecule has 0 aromatic heterocycles. The Kier molecular flexibility index (Phi) is 6.60. The van der Waals surface area contributed by atoms with Crippen molar-refractivity contribution in [2.24, 2.45) is 5.73 Å². The quantitative estimate of drug-likeness (QED) is 0.501. The van der Waals surface area contributed by atoms with Crippen LogP contribution in [-0.4, -0.2) is 26.2 Å². The molecular weight excluding hydrogens is 488 g/mol. The van der Waals surface area contributed by atoms with Crippen LogP contribution in [0.25, 0.3) is 0 Å². The zero-order valence-electron chi connectivity index (χ0n) is 16.9. The van der Waals surface area contributed by atoms with Crippen LogP contribution in [0.5, 0.6) is 0 Å². The third kappa shape index (κ3) is 3.83. The van der Waals surface area contributed by atoms with Crippen molar-refractivity contribution in [3.63, 3.8) is 0 Å². The van der Waals surface area contributed by atoms with Gasteiger partial charge in [0.05, 0.1) is 47.5 Å². The van der Waals surface area contributed by atoms with E-state index in [1.165, 1.54) is 0 Å². The fourth-order valence-corrected chi connectivity index (χ4v) is 3.76. The summed E-state index contributed by atoms with van der Waals surface area (Å²) in [7, 11) is 2.14. The van der Waals surface area contributed by atoms with E-state index in [1.54, 1.807) is 30.3 Å². The second kappa shape index (κ2) is 9.20. The van der Waals surface area contributed by atoms with E-state index in [0.29, 0.717) is 5.56 Å². The standard InChI is InChI=1S/C22H16BrF2N3O4/c1-31-21(29)18-17(11-6-4-3-5-7-11)12(10-26)20(27)28(19(18)22(30)32-2)16-9-14(24)13(23)8-15(16)25/h3-9,17H,27H2,1-2H3. The first-order valence-electron chi connectivity index (χ1n) is 9.06. The van der Waals surface area contributed by atoms with Crippen LogP contribution in [0.4, 0.5) is 14.5 Å². The summed E-state index contributed by atoms with van der Waals surface area (Å²) in [6, 6.07) is 11.9. The number of carbonyl (C=O) groups is 2. The summed E-state index contributed by atoms with van der Waals surface area (Å²) in [4.78, 5) is 26.5. The molecule has 2 aromatic rings. The number of benzene rings is 2. The first-order chi connectivity index (χ1) is 15.3. The van der Waals surface area contributed by atoms with E-state index < -0.39 is 40.9 Å². The van der Waals surface area contributed by atoms with Gasteiger partial charge in [0.15, 0.2) is 0 Å². The topological polar surface area (TPSA) is 106 Å². The van der Waals surface area contributed by atoms with Gasteiger partial charge in [-0.1, -0.05) is 30.3 Å². The highest BCUT2D eigenvalue weighted by molar-refractivity contribution is 9.10. The largest absolute Gasteiger partial charge is 0.466 e. The van der Waals surface area contributed by atoms with Gasteiger partial charge in [-0.25, -0.2) is 18.4 Å². The van der Waals surface area contributed by atoms with Gasteiger partial charge < -0.3 is 15.2 Å². The van der Waals surface area contributed by atoms with E-state index in [2.05, 4.69) is 15.9 Å². The van der Waals surface area contributed by atoms with E-state index in [1.807, 2.05) is 6.07 Å². The van der Waals surface area contributed by atoms with Crippen molar-refractivity contribution in [3.05, 3.63) is 86.8 Å². The number of ether oxygens (including phenoxy) is 2. The number of nitrogens with zero attached hydrogens (tertiary/aromatic N) is 2. The summed E-state index contributed by atoms with van der Waals surface area (Å²) in [6.45, 7) is 0. The van der Waals surface area contributed by atoms with Gasteiger partial charge in [-0.2, -0.15) is 5.26 Å². The molecule has 0 spiro atoms. The maximum Gasteiger partial charge on any atom is 0.355 e. The number of carbonyl (C=O) groups excluding carboxylic acids is 2. The van der Waals surface area contributed by atoms with E-state index in [9.17, 15) is 23.6 Å². The van der Waals surface area contributed by atoms with Crippen LogP contribution in [0, 0.1) is 23.0 Å². The second-order valence-corrected chi connectivity index (χ2v) is 7.41. The van der Waals surface area contributed by atoms with Crippen molar-refractivity contribution in [3.8, 4) is 6.07 Å². The Bertz CT molecular complexity index is 1210. The molecule has 0 fully saturated rings. The van der Waals surface area contributed by atoms with Crippen molar-refractivity contribution in [1.29, 1.82) is 5.26 Å². The number of allylic oxidation sites excluding steroid dienone is 1. The summed E-state index contributed by atoms with van der Waals surface area (Å²) >= 11 is 2.88. The minimum Gasteiger partial charge on any atom is -0.466 e. The number of nitriles is 1. The van der Waals surface area contributed by atoms with Gasteiger partial charge in [0.25, 0.3) is 0 Å². The highest BCUT2D eigenvalue weighted by atomic mass is 79.9. The molecule has 10 heteroatoms. The molecule has 2 N–H and O–H groups in total. The first kappa shape index (κ1) is 23.0. The van der Waals surface area contributed by atoms with Crippen LogP contribution in [0.2, 0.25) is 0 Å². The Labute approximate surface area is 190 Å². The lowest BCUT2D eigenvalue weighted by Gasteiger charge is -2.36. The predicted molar refractivity (Wildman–Crippen MR) is 114 cm³/mol. The van der Waals surface area contributed by atoms with Gasteiger partial charge in [-0.05, 0) is 27.6 Å². The Morgan fingerprint density at radius 1 is 1.09 bits per heavy atom. The van der Waals surface area contributed by atoms with Crippen LogP contribution in [0.15, 0.2) is 69.6 Å². The normalized spacial score (nSPS) is 16.0. The molecule has 0 aliphatic carbocycles. The van der Waals surface area contributed by atoms with Gasteiger partial charge >= 0.3 is 11.9 Å². The summed E-state index contributed by atoms with van der Waals surface area (Å²) in [6.07, 6.45) is 0. The number of rotatable bonds is 4. The Balaban J connectivity index is 2.46. The number of nitrogens with two attached hydrogens (primary N) is 1. The highest BCUT2D eigenvalue weighted by Crippen LogP contribution is 2.44. The molecule has 1 unspecified atom stereocenters. The first-order valence-corrected chi connectivity index (χ1v) is 9.86. The van der Waals surface area contributed by atoms with E-state index in [4.69, 9.17) is 15.2 Å². The van der Waals surface area contributed by atoms with Gasteiger partial charge in [0.1, 0.15) is 23.2 Å². The van der Waals surface area contributed by atoms with E-state index in [0.717, 1.165) is 31.3 Å². The van der Waals surface area contributed by atoms with E-state index in [-0.39, 0.29) is 21.4 Å². The van der Waals surface area contributed by atoms with Gasteiger partial charge in [-0.15, -0.1) is 0 Å². The average Bonchev–Trinajstić information content (AvgIpc) is 2.80. The van der Waals surface area contributed by atoms with Gasteiger partial charge in [0.2, 0.25) is 0 Å². The number of esters is 2. The maximum atomic E-state index is 14.9. The van der Waals surface area contributed by atoms with Crippen molar-refractivity contribution in [1.82, 2.24) is 0 Å². The predicted octanol–water partition coefficient (Wildman–Crippen LogP) is 3.63. The maximum absolute atomic E-state index is 14.9. The van der Waals surface area contributed by atoms with Crippen LogP contribution in [-0.2, 0) is 19.1 Å². The third-order valence-electron chi connectivity index (χ3n) is 4.84. The number of hydrogen-bond donors (Lipinski definition) is 1. The molecule has 0 amide bonds. The third-order valence-corrected chi connectivity index (χ3v) is 5.45. The van der Waals surface area contributed by atoms with E-state index >= 15 is 0 Å². The molecule has 2 aromatic carbocycles. The lowest BCUT2D eigenvalue weighted by Crippen LogP contribution is -2.41. The fourth-order valence-electron chi connectivity index (χ4n) is 3.45. The molecule has 164 valence electrons. The van der Waals surface area contributed by atoms with Crippen molar-refractivity contribution >= 4 is 33.6 Å². The average molecular weight is 504 g/mol. The Morgan fingerprint density at radius 2 is 1.72 bits per heavy atom. The zero-order valence-corrected chi connectivity index (χ0v) is 18.4. The lowest BCUT2D eigenvalue weighted by molar-refractivity contribution is -0.139. The number of halogens is 3. The van der Waals surface area contributed by atoms with Crippen LogP contribution < -0.4 is 10.6 Å². The SMILES string of the molecule is COC(=O)C1=C(C(=O)OC)N(c2cc(F)c(Br)cc2F)C(N)=C(C#N)C1c1ccccc1. The Morgan fingerprint density at radius 3 is 2.28 bits per heavy atom. The minimum absolute atomic E-state index is 0.160. The van der Waals surface area contributed by atoms with Crippen LogP contribution in [0.3, 0.4) is 0 Å². The lowest BCUT2D eigenvalue weighted by atomic mass is 9.81. The van der Waals surface area contributed by atoms with Crippen molar-refractivity contribution in [2.75, 3.05) is 19.1 Å². The summed E-state index contributed by atoms with van der Waals surface area (Å²) < 4.78 is 38.7. The molecular formula is C22H16BrF2N3O4. The molecule has 1 atom stereocenters. The van der Waals surface area contributed by atoms with Gasteiger partial charge in [0, 0.05) is 6.07 Å². The van der Waals surface area contributed by atoms with Crippen molar-refractivity contribution < 1.29 is 27.8 Å². The van der Waals surface area contributed by atoms with Crippen LogP contribution >= 0.6 is 15.9 Å². The molecule has 0 radical (unpaired) electrons. The molecule has 1 aliphatic rings. The van der Waals surface area contributed by atoms with Gasteiger partial charge in [-0.3, -0.25) is 4.90 Å². The number of anilines is 1. The highest BCUT2D eigenvalue weighted by Gasteiger charge is 2.43. The smallest absolute Gasteiger partial charge is 0.355 e. The second-order valence-electron chi connectivity index (χ2n) is 6.55. The number of methoxy groups -OCH3 is 2. The molecule has 7 nitrogen and oxygen atoms in total. The monoisotopic (exact) mass is 503 g/mol. The fraction of sp³-hybridized carbons (Fsp3) is 0.136. The summed E-state index contributed by atoms with van der Waals surface area (Å²) in [5.41, 5.74) is 5.22. The summed E-state index contributed by atoms with van der Waals surface area (Å²) in [5, 5.41) is 9.90. The summed E-state index contributed by atoms with van der Waals surface area (Å²) in [5.74, 6) is -5.34. The van der Waals surface area contributed by atoms with Crippen LogP contribution in [0.1, 0.15) is 11.5 Å². The minimum atomic E-state index is -1.11. The molecule has 0 saturated heterocycles. The zero-order chi connectivity index (χ0) is 23.6. The van der Waals surface area contributed by atoms with Crippen molar-refractivity contribution in [2.45, 2.75) is 5.92 Å².